The van der Waals surface area contributed by atoms with Crippen LogP contribution in [0.5, 0.6) is 0 Å². The third kappa shape index (κ3) is 4.55. The van der Waals surface area contributed by atoms with Gasteiger partial charge in [0.05, 0.1) is 12.9 Å². The van der Waals surface area contributed by atoms with Crippen molar-refractivity contribution in [3.05, 3.63) is 24.3 Å². The quantitative estimate of drug-likeness (QED) is 0.303. The molecule has 13 heteroatoms. The van der Waals surface area contributed by atoms with E-state index >= 15 is 0 Å². The summed E-state index contributed by atoms with van der Waals surface area (Å²) in [5.41, 5.74) is 1.95. The number of hydrogen-bond acceptors (Lipinski definition) is 9. The number of aliphatic hydroxyl groups excluding tert-OH is 2. The molecule has 0 saturated carbocycles. The number of imidazole rings is 1. The Morgan fingerprint density at radius 3 is 2.75 bits per heavy atom. The van der Waals surface area contributed by atoms with Gasteiger partial charge in [-0.25, -0.2) is 19.5 Å². The van der Waals surface area contributed by atoms with Crippen LogP contribution in [0.25, 0.3) is 11.2 Å². The molecule has 1 fully saturated rings. The van der Waals surface area contributed by atoms with Crippen LogP contribution in [0.3, 0.4) is 0 Å². The van der Waals surface area contributed by atoms with E-state index in [-0.39, 0.29) is 0 Å². The molecule has 1 aliphatic rings. The molecule has 0 amide bonds. The van der Waals surface area contributed by atoms with Crippen LogP contribution in [-0.4, -0.2) is 71.0 Å². The van der Waals surface area contributed by atoms with E-state index in [9.17, 15) is 14.8 Å². The molecular weight excluding hydrogens is 393 g/mol. The van der Waals surface area contributed by atoms with E-state index < -0.39 is 39.0 Å². The van der Waals surface area contributed by atoms with Crippen LogP contribution in [-0.2, 0) is 13.8 Å². The maximum atomic E-state index is 10.9. The van der Waals surface area contributed by atoms with Crippen LogP contribution >= 0.6 is 7.82 Å². The lowest BCUT2D eigenvalue weighted by atomic mass is 10.1. The van der Waals surface area contributed by atoms with Gasteiger partial charge in [0.1, 0.15) is 24.6 Å². The van der Waals surface area contributed by atoms with Gasteiger partial charge in [-0.2, -0.15) is 0 Å². The highest BCUT2D eigenvalue weighted by Gasteiger charge is 2.45. The average Bonchev–Trinajstić information content (AvgIpc) is 3.15. The Bertz CT molecular complexity index is 909. The zero-order valence-electron chi connectivity index (χ0n) is 15.2. The Labute approximate surface area is 160 Å². The molecule has 1 saturated heterocycles. The van der Waals surface area contributed by atoms with Gasteiger partial charge in [0.25, 0.3) is 0 Å². The number of ether oxygens (including phenoxy) is 1. The van der Waals surface area contributed by atoms with Crippen molar-refractivity contribution in [3.63, 3.8) is 0 Å². The van der Waals surface area contributed by atoms with Crippen LogP contribution in [0.1, 0.15) is 20.1 Å². The van der Waals surface area contributed by atoms with Gasteiger partial charge in [0, 0.05) is 6.54 Å². The van der Waals surface area contributed by atoms with Crippen molar-refractivity contribution in [3.8, 4) is 0 Å². The highest BCUT2D eigenvalue weighted by Crippen LogP contribution is 2.38. The number of phosphoric acid groups is 1. The second-order valence-corrected chi connectivity index (χ2v) is 7.78. The molecule has 2 aromatic rings. The maximum absolute atomic E-state index is 10.9. The number of rotatable bonds is 7. The molecule has 0 radical (unpaired) electrons. The molecule has 4 atom stereocenters. The lowest BCUT2D eigenvalue weighted by Gasteiger charge is -2.16. The minimum atomic E-state index is -4.73. The summed E-state index contributed by atoms with van der Waals surface area (Å²) in [5, 5.41) is 23.6. The van der Waals surface area contributed by atoms with Gasteiger partial charge in [-0.15, -0.1) is 0 Å². The summed E-state index contributed by atoms with van der Waals surface area (Å²) in [6.07, 6.45) is -0.286. The second kappa shape index (κ2) is 8.21. The molecule has 2 aromatic heterocycles. The molecule has 0 unspecified atom stereocenters. The van der Waals surface area contributed by atoms with Gasteiger partial charge in [-0.1, -0.05) is 11.6 Å². The Hall–Kier alpha value is -1.92. The van der Waals surface area contributed by atoms with E-state index in [1.165, 1.54) is 17.2 Å². The molecule has 0 spiro atoms. The van der Waals surface area contributed by atoms with Crippen LogP contribution in [0.4, 0.5) is 5.82 Å². The monoisotopic (exact) mass is 415 g/mol. The van der Waals surface area contributed by atoms with Crippen molar-refractivity contribution in [1.82, 2.24) is 19.5 Å². The number of allylic oxidation sites excluding steroid dienone is 1. The molecule has 1 aliphatic heterocycles. The van der Waals surface area contributed by atoms with Gasteiger partial charge in [0.15, 0.2) is 23.2 Å². The lowest BCUT2D eigenvalue weighted by Crippen LogP contribution is -2.33. The number of fused-ring (bicyclic) bond motifs is 1. The molecule has 0 aromatic carbocycles. The lowest BCUT2D eigenvalue weighted by molar-refractivity contribution is -0.0504. The SMILES string of the molecule is CC(C)=CCNc1ncnc2c1ncn2[C@H]1O[C@@H](COP(=O)(O)O)[C@@H](O)[C@H]1O. The van der Waals surface area contributed by atoms with Crippen LogP contribution in [0.15, 0.2) is 24.3 Å². The first kappa shape index (κ1) is 20.8. The van der Waals surface area contributed by atoms with Gasteiger partial charge in [0.2, 0.25) is 0 Å². The highest BCUT2D eigenvalue weighted by atomic mass is 31.2. The Kier molecular flexibility index (Phi) is 6.10. The van der Waals surface area contributed by atoms with E-state index in [0.717, 1.165) is 5.57 Å². The van der Waals surface area contributed by atoms with Crippen molar-refractivity contribution in [2.75, 3.05) is 18.5 Å². The van der Waals surface area contributed by atoms with Crippen molar-refractivity contribution in [1.29, 1.82) is 0 Å². The fourth-order valence-corrected chi connectivity index (χ4v) is 3.13. The fraction of sp³-hybridized carbons (Fsp3) is 0.533. The average molecular weight is 415 g/mol. The molecule has 0 aliphatic carbocycles. The first-order valence-electron chi connectivity index (χ1n) is 8.44. The molecule has 28 heavy (non-hydrogen) atoms. The fourth-order valence-electron chi connectivity index (χ4n) is 2.79. The molecule has 0 bridgehead atoms. The first-order chi connectivity index (χ1) is 13.2. The molecule has 3 heterocycles. The van der Waals surface area contributed by atoms with Crippen molar-refractivity contribution in [2.24, 2.45) is 0 Å². The number of hydrogen-bond donors (Lipinski definition) is 5. The number of phosphoric ester groups is 1. The van der Waals surface area contributed by atoms with E-state index in [1.54, 1.807) is 0 Å². The third-order valence-corrected chi connectivity index (χ3v) is 4.64. The summed E-state index contributed by atoms with van der Waals surface area (Å²) in [7, 11) is -4.73. The summed E-state index contributed by atoms with van der Waals surface area (Å²) in [6.45, 7) is 3.91. The summed E-state index contributed by atoms with van der Waals surface area (Å²) in [6, 6.07) is 0. The largest absolute Gasteiger partial charge is 0.469 e. The summed E-state index contributed by atoms with van der Waals surface area (Å²) < 4.78 is 22.2. The topological polar surface area (TPSA) is 172 Å². The Morgan fingerprint density at radius 2 is 2.07 bits per heavy atom. The van der Waals surface area contributed by atoms with E-state index in [0.29, 0.717) is 23.5 Å². The number of nitrogens with one attached hydrogen (secondary N) is 1. The molecule has 12 nitrogen and oxygen atoms in total. The van der Waals surface area contributed by atoms with Crippen molar-refractivity contribution in [2.45, 2.75) is 38.4 Å². The minimum Gasteiger partial charge on any atom is -0.387 e. The molecule has 154 valence electrons. The third-order valence-electron chi connectivity index (χ3n) is 4.16. The highest BCUT2D eigenvalue weighted by molar-refractivity contribution is 7.46. The maximum Gasteiger partial charge on any atom is 0.469 e. The van der Waals surface area contributed by atoms with Gasteiger partial charge in [-0.3, -0.25) is 9.09 Å². The zero-order valence-corrected chi connectivity index (χ0v) is 16.1. The smallest absolute Gasteiger partial charge is 0.387 e. The van der Waals surface area contributed by atoms with Crippen LogP contribution in [0.2, 0.25) is 0 Å². The second-order valence-electron chi connectivity index (χ2n) is 6.54. The Balaban J connectivity index is 1.81. The predicted molar refractivity (Wildman–Crippen MR) is 97.2 cm³/mol. The standard InChI is InChI=1S/C15H22N5O7P/c1-8(2)3-4-16-13-10-14(18-6-17-13)20(7-19-10)15-12(22)11(21)9(27-15)5-26-28(23,24)25/h3,6-7,9,11-12,15,21-22H,4-5H2,1-2H3,(H,16,17,18)(H2,23,24,25)/t9-,11+,12+,15-/m0/s1. The van der Waals surface area contributed by atoms with Crippen LogP contribution in [0, 0.1) is 0 Å². The zero-order chi connectivity index (χ0) is 20.5. The van der Waals surface area contributed by atoms with Crippen LogP contribution < -0.4 is 5.32 Å². The first-order valence-corrected chi connectivity index (χ1v) is 9.97. The Morgan fingerprint density at radius 1 is 1.32 bits per heavy atom. The van der Waals surface area contributed by atoms with Gasteiger partial charge in [-0.05, 0) is 13.8 Å². The molecule has 3 rings (SSSR count). The van der Waals surface area contributed by atoms with Crippen molar-refractivity contribution < 1.29 is 33.8 Å². The predicted octanol–water partition coefficient (Wildman–Crippen LogP) is -0.0671. The normalized spacial score (nSPS) is 25.2. The summed E-state index contributed by atoms with van der Waals surface area (Å²) >= 11 is 0. The van der Waals surface area contributed by atoms with E-state index in [4.69, 9.17) is 14.5 Å². The van der Waals surface area contributed by atoms with E-state index in [1.807, 2.05) is 19.9 Å². The molecular formula is C15H22N5O7P. The number of anilines is 1. The number of aromatic nitrogens is 4. The summed E-state index contributed by atoms with van der Waals surface area (Å²) in [4.78, 5) is 30.2. The van der Waals surface area contributed by atoms with Crippen molar-refractivity contribution >= 4 is 24.8 Å². The van der Waals surface area contributed by atoms with E-state index in [2.05, 4.69) is 24.8 Å². The van der Waals surface area contributed by atoms with Gasteiger partial charge >= 0.3 is 7.82 Å². The summed E-state index contributed by atoms with van der Waals surface area (Å²) in [5.74, 6) is 0.496. The minimum absolute atomic E-state index is 0.363. The van der Waals surface area contributed by atoms with Gasteiger partial charge < -0.3 is 30.1 Å². The number of nitrogens with zero attached hydrogens (tertiary/aromatic N) is 4. The molecule has 5 N–H and O–H groups in total. The number of aliphatic hydroxyl groups is 2.